The molecule has 0 aliphatic carbocycles. The predicted octanol–water partition coefficient (Wildman–Crippen LogP) is 6.04. The van der Waals surface area contributed by atoms with Crippen LogP contribution in [0.1, 0.15) is 11.1 Å². The minimum absolute atomic E-state index is 0.148. The molecule has 0 atom stereocenters. The smallest absolute Gasteiger partial charge is 0.293 e. The van der Waals surface area contributed by atoms with Gasteiger partial charge in [0.2, 0.25) is 0 Å². The minimum Gasteiger partial charge on any atom is -0.493 e. The first-order valence-electron chi connectivity index (χ1n) is 10.5. The Balaban J connectivity index is 1.33. The Kier molecular flexibility index (Phi) is 7.77. The molecular weight excluding hydrogens is 474 g/mol. The van der Waals surface area contributed by atoms with Crippen molar-refractivity contribution in [2.75, 3.05) is 20.3 Å². The molecule has 0 bridgehead atoms. The Hall–Kier alpha value is -3.42. The van der Waals surface area contributed by atoms with E-state index in [1.807, 2.05) is 60.7 Å². The summed E-state index contributed by atoms with van der Waals surface area (Å²) in [5, 5.41) is 0.336. The van der Waals surface area contributed by atoms with Gasteiger partial charge in [-0.1, -0.05) is 54.1 Å². The number of nitrogens with zero attached hydrogens (tertiary/aromatic N) is 1. The lowest BCUT2D eigenvalue weighted by atomic mass is 10.2. The van der Waals surface area contributed by atoms with Crippen molar-refractivity contribution in [3.63, 3.8) is 0 Å². The Morgan fingerprint density at radius 1 is 0.912 bits per heavy atom. The minimum atomic E-state index is -0.335. The number of carbonyl (C=O) groups excluding carboxylic acids is 2. The van der Waals surface area contributed by atoms with Gasteiger partial charge in [0.05, 0.1) is 18.6 Å². The highest BCUT2D eigenvalue weighted by molar-refractivity contribution is 8.18. The largest absolute Gasteiger partial charge is 0.493 e. The molecule has 174 valence electrons. The molecule has 1 aliphatic rings. The van der Waals surface area contributed by atoms with Gasteiger partial charge in [0.25, 0.3) is 11.1 Å². The van der Waals surface area contributed by atoms with E-state index in [1.54, 1.807) is 25.3 Å². The highest BCUT2D eigenvalue weighted by Gasteiger charge is 2.34. The summed E-state index contributed by atoms with van der Waals surface area (Å²) < 4.78 is 16.7. The third kappa shape index (κ3) is 5.73. The normalized spacial score (nSPS) is 14.5. The number of halogens is 1. The van der Waals surface area contributed by atoms with Gasteiger partial charge in [0.1, 0.15) is 19.0 Å². The third-order valence-corrected chi connectivity index (χ3v) is 6.32. The second kappa shape index (κ2) is 11.1. The Labute approximate surface area is 207 Å². The number of hydrogen-bond acceptors (Lipinski definition) is 6. The van der Waals surface area contributed by atoms with E-state index in [9.17, 15) is 9.59 Å². The van der Waals surface area contributed by atoms with Gasteiger partial charge in [-0.25, -0.2) is 0 Å². The highest BCUT2D eigenvalue weighted by Crippen LogP contribution is 2.33. The molecule has 1 fully saturated rings. The van der Waals surface area contributed by atoms with Crippen LogP contribution in [0.25, 0.3) is 6.08 Å². The number of hydrogen-bond donors (Lipinski definition) is 0. The number of rotatable bonds is 9. The van der Waals surface area contributed by atoms with Crippen LogP contribution in [0, 0.1) is 0 Å². The predicted molar refractivity (Wildman–Crippen MR) is 133 cm³/mol. The zero-order valence-corrected chi connectivity index (χ0v) is 20.0. The molecule has 0 saturated carbocycles. The van der Waals surface area contributed by atoms with Crippen molar-refractivity contribution in [2.45, 2.75) is 6.61 Å². The molecule has 0 unspecified atom stereocenters. The number of amides is 2. The molecule has 3 aromatic rings. The molecular formula is C26H22ClNO5S. The van der Waals surface area contributed by atoms with Crippen molar-refractivity contribution >= 4 is 40.6 Å². The van der Waals surface area contributed by atoms with E-state index in [0.717, 1.165) is 22.9 Å². The van der Waals surface area contributed by atoms with Gasteiger partial charge in [-0.15, -0.1) is 0 Å². The summed E-state index contributed by atoms with van der Waals surface area (Å²) in [4.78, 5) is 26.7. The van der Waals surface area contributed by atoms with E-state index in [-0.39, 0.29) is 24.3 Å². The van der Waals surface area contributed by atoms with E-state index in [4.69, 9.17) is 25.8 Å². The number of methoxy groups -OCH3 is 1. The van der Waals surface area contributed by atoms with E-state index >= 15 is 0 Å². The zero-order valence-electron chi connectivity index (χ0n) is 18.4. The number of benzene rings is 3. The number of carbonyl (C=O) groups is 2. The van der Waals surface area contributed by atoms with Crippen LogP contribution < -0.4 is 14.2 Å². The molecule has 6 nitrogen and oxygen atoms in total. The van der Waals surface area contributed by atoms with E-state index in [1.165, 1.54) is 4.90 Å². The lowest BCUT2D eigenvalue weighted by molar-refractivity contribution is -0.123. The van der Waals surface area contributed by atoms with Gasteiger partial charge in [-0.3, -0.25) is 14.5 Å². The molecule has 2 amide bonds. The van der Waals surface area contributed by atoms with Crippen LogP contribution in [0.5, 0.6) is 17.2 Å². The van der Waals surface area contributed by atoms with Crippen LogP contribution in [0.15, 0.2) is 77.7 Å². The SMILES string of the molecule is COc1ccccc1OCCN1C(=O)S/C(=C\c2ccc(OCc3ccccc3Cl)cc2)C1=O. The summed E-state index contributed by atoms with van der Waals surface area (Å²) in [6.45, 7) is 0.673. The first-order chi connectivity index (χ1) is 16.5. The maximum atomic E-state index is 12.7. The quantitative estimate of drug-likeness (QED) is 0.337. The van der Waals surface area contributed by atoms with Gasteiger partial charge in [0, 0.05) is 10.6 Å². The van der Waals surface area contributed by atoms with Crippen LogP contribution in [0.2, 0.25) is 5.02 Å². The molecule has 0 spiro atoms. The lowest BCUT2D eigenvalue weighted by Crippen LogP contribution is -2.32. The van der Waals surface area contributed by atoms with Crippen LogP contribution in [-0.4, -0.2) is 36.3 Å². The van der Waals surface area contributed by atoms with Crippen molar-refractivity contribution in [3.8, 4) is 17.2 Å². The Morgan fingerprint density at radius 3 is 2.35 bits per heavy atom. The van der Waals surface area contributed by atoms with Crippen molar-refractivity contribution in [3.05, 3.63) is 93.9 Å². The molecule has 34 heavy (non-hydrogen) atoms. The topological polar surface area (TPSA) is 65.1 Å². The van der Waals surface area contributed by atoms with E-state index < -0.39 is 0 Å². The molecule has 0 N–H and O–H groups in total. The van der Waals surface area contributed by atoms with E-state index in [0.29, 0.717) is 33.8 Å². The van der Waals surface area contributed by atoms with Crippen molar-refractivity contribution < 1.29 is 23.8 Å². The number of ether oxygens (including phenoxy) is 3. The standard InChI is InChI=1S/C26H22ClNO5S/c1-31-22-8-4-5-9-23(22)32-15-14-28-25(29)24(34-26(28)30)16-18-10-12-20(13-11-18)33-17-19-6-2-3-7-21(19)27/h2-13,16H,14-15,17H2,1H3/b24-16-. The summed E-state index contributed by atoms with van der Waals surface area (Å²) in [5.74, 6) is 1.50. The second-order valence-electron chi connectivity index (χ2n) is 7.28. The fraction of sp³-hybridized carbons (Fsp3) is 0.154. The van der Waals surface area contributed by atoms with E-state index in [2.05, 4.69) is 0 Å². The lowest BCUT2D eigenvalue weighted by Gasteiger charge is -2.14. The van der Waals surface area contributed by atoms with Crippen LogP contribution in [0.4, 0.5) is 4.79 Å². The molecule has 3 aromatic carbocycles. The average molecular weight is 496 g/mol. The zero-order chi connectivity index (χ0) is 23.9. The maximum absolute atomic E-state index is 12.7. The molecule has 0 aromatic heterocycles. The third-order valence-electron chi connectivity index (χ3n) is 5.05. The summed E-state index contributed by atoms with van der Waals surface area (Å²) in [7, 11) is 1.56. The molecule has 0 radical (unpaired) electrons. The molecule has 8 heteroatoms. The fourth-order valence-corrected chi connectivity index (χ4v) is 4.32. The Bertz CT molecular complexity index is 1210. The number of para-hydroxylation sites is 2. The summed E-state index contributed by atoms with van der Waals surface area (Å²) in [5.41, 5.74) is 1.69. The summed E-state index contributed by atoms with van der Waals surface area (Å²) >= 11 is 7.07. The molecule has 1 saturated heterocycles. The Morgan fingerprint density at radius 2 is 1.62 bits per heavy atom. The number of thioether (sulfide) groups is 1. The van der Waals surface area contributed by atoms with Gasteiger partial charge >= 0.3 is 0 Å². The van der Waals surface area contributed by atoms with Crippen molar-refractivity contribution in [1.29, 1.82) is 0 Å². The summed E-state index contributed by atoms with van der Waals surface area (Å²) in [6.07, 6.45) is 1.70. The van der Waals surface area contributed by atoms with Crippen LogP contribution >= 0.6 is 23.4 Å². The number of imide groups is 1. The second-order valence-corrected chi connectivity index (χ2v) is 8.68. The molecule has 4 rings (SSSR count). The molecule has 1 heterocycles. The van der Waals surface area contributed by atoms with Crippen LogP contribution in [0.3, 0.4) is 0 Å². The maximum Gasteiger partial charge on any atom is 0.293 e. The van der Waals surface area contributed by atoms with Crippen LogP contribution in [-0.2, 0) is 11.4 Å². The van der Waals surface area contributed by atoms with Gasteiger partial charge in [-0.05, 0) is 53.7 Å². The van der Waals surface area contributed by atoms with Gasteiger partial charge in [-0.2, -0.15) is 0 Å². The van der Waals surface area contributed by atoms with Crippen molar-refractivity contribution in [1.82, 2.24) is 4.90 Å². The first kappa shape index (κ1) is 23.7. The van der Waals surface area contributed by atoms with Crippen molar-refractivity contribution in [2.24, 2.45) is 0 Å². The average Bonchev–Trinajstić information content (AvgIpc) is 3.12. The van der Waals surface area contributed by atoms with Gasteiger partial charge in [0.15, 0.2) is 11.5 Å². The monoisotopic (exact) mass is 495 g/mol. The first-order valence-corrected chi connectivity index (χ1v) is 11.7. The summed E-state index contributed by atoms with van der Waals surface area (Å²) in [6, 6.07) is 22.0. The fourth-order valence-electron chi connectivity index (χ4n) is 3.27. The molecule has 1 aliphatic heterocycles. The van der Waals surface area contributed by atoms with Gasteiger partial charge < -0.3 is 14.2 Å². The highest BCUT2D eigenvalue weighted by atomic mass is 35.5.